The first-order chi connectivity index (χ1) is 20.3. The molecule has 3 heterocycles. The molecule has 10 nitrogen and oxygen atoms in total. The zero-order chi connectivity index (χ0) is 30.0. The molecule has 0 unspecified atom stereocenters. The highest BCUT2D eigenvalue weighted by Gasteiger charge is 2.26. The first kappa shape index (κ1) is 29.2. The molecule has 0 bridgehead atoms. The summed E-state index contributed by atoms with van der Waals surface area (Å²) in [6.45, 7) is 2.96. The second kappa shape index (κ2) is 12.3. The van der Waals surface area contributed by atoms with Crippen LogP contribution in [0.4, 0.5) is 0 Å². The first-order valence-electron chi connectivity index (χ1n) is 13.3. The minimum absolute atomic E-state index is 0.0946. The predicted molar refractivity (Wildman–Crippen MR) is 160 cm³/mol. The number of rotatable bonds is 11. The van der Waals surface area contributed by atoms with E-state index in [9.17, 15) is 24.6 Å². The van der Waals surface area contributed by atoms with Crippen molar-refractivity contribution in [3.63, 3.8) is 0 Å². The van der Waals surface area contributed by atoms with Gasteiger partial charge in [-0.05, 0) is 42.7 Å². The molecule has 3 aromatic heterocycles. The average molecular weight is 606 g/mol. The molecule has 5 aromatic rings. The Kier molecular flexibility index (Phi) is 8.53. The molecule has 12 heteroatoms. The third-order valence-corrected chi connectivity index (χ3v) is 8.56. The second-order valence-electron chi connectivity index (χ2n) is 9.48. The Bertz CT molecular complexity index is 1820. The van der Waals surface area contributed by atoms with Gasteiger partial charge in [0.1, 0.15) is 23.8 Å². The summed E-state index contributed by atoms with van der Waals surface area (Å²) in [6.07, 6.45) is 1.19. The number of carboxylic acids is 1. The Morgan fingerprint density at radius 1 is 0.976 bits per heavy atom. The number of amides is 1. The minimum atomic E-state index is -1.07. The number of fused-ring (bicyclic) bond motifs is 1. The van der Waals surface area contributed by atoms with Gasteiger partial charge in [0, 0.05) is 21.3 Å². The number of nitrogens with zero attached hydrogens (tertiary/aromatic N) is 4. The van der Waals surface area contributed by atoms with Crippen LogP contribution in [-0.2, 0) is 37.3 Å². The van der Waals surface area contributed by atoms with Gasteiger partial charge in [0.05, 0.1) is 17.1 Å². The lowest BCUT2D eigenvalue weighted by Gasteiger charge is -2.13. The molecule has 5 rings (SSSR count). The highest BCUT2D eigenvalue weighted by Crippen LogP contribution is 2.33. The van der Waals surface area contributed by atoms with Crippen molar-refractivity contribution in [1.29, 1.82) is 0 Å². The van der Waals surface area contributed by atoms with Crippen molar-refractivity contribution in [2.45, 2.75) is 46.4 Å². The van der Waals surface area contributed by atoms with Crippen molar-refractivity contribution < 1.29 is 24.6 Å². The number of aliphatic hydroxyl groups is 1. The molecule has 216 valence electrons. The summed E-state index contributed by atoms with van der Waals surface area (Å²) in [6, 6.07) is 15.9. The van der Waals surface area contributed by atoms with Gasteiger partial charge in [0.15, 0.2) is 17.4 Å². The Hall–Kier alpha value is -4.32. The number of thiophene rings is 1. The van der Waals surface area contributed by atoms with Crippen LogP contribution in [-0.4, -0.2) is 47.2 Å². The van der Waals surface area contributed by atoms with Crippen molar-refractivity contribution in [2.75, 3.05) is 0 Å². The Balaban J connectivity index is 1.54. The number of ketones is 1. The summed E-state index contributed by atoms with van der Waals surface area (Å²) in [5.41, 5.74) is 2.37. The van der Waals surface area contributed by atoms with Gasteiger partial charge < -0.3 is 20.1 Å². The van der Waals surface area contributed by atoms with Gasteiger partial charge in [-0.3, -0.25) is 19.0 Å². The number of carbonyl (C=O) groups is 3. The Morgan fingerprint density at radius 3 is 2.38 bits per heavy atom. The quantitative estimate of drug-likeness (QED) is 0.184. The molecule has 0 atom stereocenters. The standard InChI is InChI=1S/C30H28ClN5O5S/c1-3-17-13-21(28(40)20-10-5-7-11-22(20)31)30(42-17)36-24(33-34-25(36)16-37)14-32-29(41)27-18(4-2)19-9-6-8-12-23(19)35(27)15-26(38)39/h5-13,37H,3-4,14-16H2,1-2H3,(H,32,41)(H,38,39). The second-order valence-corrected chi connectivity index (χ2v) is 11.0. The maximum atomic E-state index is 13.6. The lowest BCUT2D eigenvalue weighted by Crippen LogP contribution is -2.29. The third-order valence-electron chi connectivity index (χ3n) is 6.96. The van der Waals surface area contributed by atoms with Crippen molar-refractivity contribution in [3.05, 3.63) is 98.5 Å². The predicted octanol–water partition coefficient (Wildman–Crippen LogP) is 4.80. The van der Waals surface area contributed by atoms with E-state index < -0.39 is 18.5 Å². The van der Waals surface area contributed by atoms with E-state index in [0.717, 1.165) is 15.8 Å². The van der Waals surface area contributed by atoms with Crippen LogP contribution < -0.4 is 5.32 Å². The van der Waals surface area contributed by atoms with E-state index in [4.69, 9.17) is 11.6 Å². The minimum Gasteiger partial charge on any atom is -0.480 e. The summed E-state index contributed by atoms with van der Waals surface area (Å²) >= 11 is 7.71. The monoisotopic (exact) mass is 605 g/mol. The molecule has 0 spiro atoms. The highest BCUT2D eigenvalue weighted by molar-refractivity contribution is 7.15. The van der Waals surface area contributed by atoms with E-state index in [1.807, 2.05) is 26.0 Å². The van der Waals surface area contributed by atoms with Crippen molar-refractivity contribution in [3.8, 4) is 5.00 Å². The average Bonchev–Trinajstić information content (AvgIpc) is 3.69. The number of carboxylic acid groups (broad SMARTS) is 1. The molecule has 0 aliphatic rings. The summed E-state index contributed by atoms with van der Waals surface area (Å²) in [5, 5.41) is 32.5. The Morgan fingerprint density at radius 2 is 1.69 bits per heavy atom. The normalized spacial score (nSPS) is 11.2. The van der Waals surface area contributed by atoms with Gasteiger partial charge >= 0.3 is 5.97 Å². The molecule has 0 saturated heterocycles. The molecular formula is C30H28ClN5O5S. The lowest BCUT2D eigenvalue weighted by atomic mass is 10.0. The van der Waals surface area contributed by atoms with Gasteiger partial charge in [0.25, 0.3) is 5.91 Å². The van der Waals surface area contributed by atoms with Crippen molar-refractivity contribution >= 4 is 51.5 Å². The summed E-state index contributed by atoms with van der Waals surface area (Å²) in [7, 11) is 0. The zero-order valence-corrected chi connectivity index (χ0v) is 24.5. The van der Waals surface area contributed by atoms with Crippen LogP contribution >= 0.6 is 22.9 Å². The molecule has 3 N–H and O–H groups in total. The summed E-state index contributed by atoms with van der Waals surface area (Å²) in [5.74, 6) is -1.34. The number of hydrogen-bond donors (Lipinski definition) is 3. The van der Waals surface area contributed by atoms with E-state index in [2.05, 4.69) is 15.5 Å². The molecule has 1 amide bonds. The lowest BCUT2D eigenvalue weighted by molar-refractivity contribution is -0.137. The fourth-order valence-corrected chi connectivity index (χ4v) is 6.42. The van der Waals surface area contributed by atoms with Crippen LogP contribution in [0, 0.1) is 0 Å². The number of para-hydroxylation sites is 1. The number of nitrogens with one attached hydrogen (secondary N) is 1. The molecule has 0 radical (unpaired) electrons. The van der Waals surface area contributed by atoms with E-state index in [1.165, 1.54) is 15.9 Å². The number of aromatic nitrogens is 4. The smallest absolute Gasteiger partial charge is 0.323 e. The number of aliphatic carboxylic acids is 1. The zero-order valence-electron chi connectivity index (χ0n) is 22.9. The van der Waals surface area contributed by atoms with Crippen LogP contribution in [0.25, 0.3) is 15.9 Å². The van der Waals surface area contributed by atoms with Gasteiger partial charge in [-0.25, -0.2) is 0 Å². The van der Waals surface area contributed by atoms with Gasteiger partial charge in [0.2, 0.25) is 0 Å². The fraction of sp³-hybridized carbons (Fsp3) is 0.233. The fourth-order valence-electron chi connectivity index (χ4n) is 5.06. The molecule has 0 aliphatic carbocycles. The van der Waals surface area contributed by atoms with E-state index in [-0.39, 0.29) is 30.4 Å². The molecule has 2 aromatic carbocycles. The molecule has 0 aliphatic heterocycles. The topological polar surface area (TPSA) is 139 Å². The van der Waals surface area contributed by atoms with Crippen LogP contribution in [0.5, 0.6) is 0 Å². The maximum absolute atomic E-state index is 13.6. The number of carbonyl (C=O) groups excluding carboxylic acids is 2. The summed E-state index contributed by atoms with van der Waals surface area (Å²) < 4.78 is 3.09. The van der Waals surface area contributed by atoms with Crippen LogP contribution in [0.1, 0.15) is 62.3 Å². The van der Waals surface area contributed by atoms with Gasteiger partial charge in [-0.15, -0.1) is 21.5 Å². The first-order valence-corrected chi connectivity index (χ1v) is 14.5. The van der Waals surface area contributed by atoms with Gasteiger partial charge in [-0.1, -0.05) is 55.8 Å². The third kappa shape index (κ3) is 5.34. The van der Waals surface area contributed by atoms with Crippen molar-refractivity contribution in [1.82, 2.24) is 24.6 Å². The van der Waals surface area contributed by atoms with Crippen LogP contribution in [0.2, 0.25) is 5.02 Å². The number of aryl methyl sites for hydroxylation is 2. The van der Waals surface area contributed by atoms with Crippen LogP contribution in [0.15, 0.2) is 54.6 Å². The Labute approximate surface area is 250 Å². The van der Waals surface area contributed by atoms with E-state index in [0.29, 0.717) is 45.3 Å². The number of halogens is 1. The van der Waals surface area contributed by atoms with Gasteiger partial charge in [-0.2, -0.15) is 0 Å². The number of benzene rings is 2. The van der Waals surface area contributed by atoms with E-state index >= 15 is 0 Å². The molecule has 0 fully saturated rings. The SMILES string of the molecule is CCc1cc(C(=O)c2ccccc2Cl)c(-n2c(CO)nnc2CNC(=O)c2c(CC)c3ccccc3n2CC(=O)O)s1. The number of aliphatic hydroxyl groups excluding tert-OH is 1. The molecule has 0 saturated carbocycles. The number of hydrogen-bond acceptors (Lipinski definition) is 7. The molecule has 42 heavy (non-hydrogen) atoms. The van der Waals surface area contributed by atoms with Crippen molar-refractivity contribution in [2.24, 2.45) is 0 Å². The largest absolute Gasteiger partial charge is 0.480 e. The van der Waals surface area contributed by atoms with E-state index in [1.54, 1.807) is 47.0 Å². The van der Waals surface area contributed by atoms with Crippen LogP contribution in [0.3, 0.4) is 0 Å². The maximum Gasteiger partial charge on any atom is 0.323 e. The molecular weight excluding hydrogens is 578 g/mol. The highest BCUT2D eigenvalue weighted by atomic mass is 35.5. The summed E-state index contributed by atoms with van der Waals surface area (Å²) in [4.78, 5) is 39.9.